The maximum absolute atomic E-state index is 14.8. The molecule has 0 spiro atoms. The van der Waals surface area contributed by atoms with E-state index in [2.05, 4.69) is 21.1 Å². The Bertz CT molecular complexity index is 1280. The molecule has 2 unspecified atom stereocenters. The summed E-state index contributed by atoms with van der Waals surface area (Å²) in [6, 6.07) is 9.78. The van der Waals surface area contributed by atoms with Gasteiger partial charge in [-0.05, 0) is 49.2 Å². The van der Waals surface area contributed by atoms with E-state index in [1.54, 1.807) is 0 Å². The monoisotopic (exact) mass is 541 g/mol. The molecule has 180 valence electrons. The molecule has 0 bridgehead atoms. The van der Waals surface area contributed by atoms with Crippen molar-refractivity contribution >= 4 is 56.0 Å². The highest BCUT2D eigenvalue weighted by Gasteiger charge is 2.29. The van der Waals surface area contributed by atoms with E-state index in [9.17, 15) is 12.8 Å². The molecule has 0 saturated carbocycles. The second-order valence-corrected chi connectivity index (χ2v) is 11.0. The summed E-state index contributed by atoms with van der Waals surface area (Å²) < 4.78 is 48.2. The lowest BCUT2D eigenvalue weighted by atomic mass is 9.80. The number of hydrogen-bond donors (Lipinski definition) is 2. The van der Waals surface area contributed by atoms with Crippen LogP contribution in [0.3, 0.4) is 0 Å². The maximum atomic E-state index is 14.8. The number of benzene rings is 2. The summed E-state index contributed by atoms with van der Waals surface area (Å²) in [4.78, 5) is 3.28. The molecule has 34 heavy (non-hydrogen) atoms. The van der Waals surface area contributed by atoms with Crippen molar-refractivity contribution in [3.05, 3.63) is 74.8 Å². The SMILES string of the molecule is CNC1CCC=C(c2ccc(Cl)cc2)C1COc1cc(F)c(S(=O)(=O)Nc2cscn2)cc1Cl. The quantitative estimate of drug-likeness (QED) is 0.373. The summed E-state index contributed by atoms with van der Waals surface area (Å²) in [5.41, 5.74) is 3.60. The standard InChI is InChI=1S/C23H22Cl2FN3O3S2/c1-27-20-4-2-3-16(14-5-7-15(24)8-6-14)17(20)11-32-21-10-19(26)22(9-18(21)25)34(30,31)29-23-12-33-13-28-23/h3,5-10,12-13,17,20,27,29H,2,4,11H2,1H3. The van der Waals surface area contributed by atoms with Gasteiger partial charge in [-0.2, -0.15) is 0 Å². The van der Waals surface area contributed by atoms with E-state index in [0.717, 1.165) is 36.1 Å². The topological polar surface area (TPSA) is 80.3 Å². The summed E-state index contributed by atoms with van der Waals surface area (Å²) in [6.45, 7) is 0.225. The lowest BCUT2D eigenvalue weighted by Gasteiger charge is -2.33. The molecule has 1 aliphatic rings. The fourth-order valence-corrected chi connectivity index (χ4v) is 6.03. The smallest absolute Gasteiger partial charge is 0.266 e. The molecule has 0 saturated heterocycles. The van der Waals surface area contributed by atoms with Crippen LogP contribution in [0.15, 0.2) is 58.3 Å². The minimum absolute atomic E-state index is 0.00566. The van der Waals surface area contributed by atoms with Crippen LogP contribution >= 0.6 is 34.5 Å². The maximum Gasteiger partial charge on any atom is 0.266 e. The normalized spacial score (nSPS) is 18.4. The van der Waals surface area contributed by atoms with Crippen LogP contribution in [0.1, 0.15) is 18.4 Å². The average molecular weight is 542 g/mol. The number of nitrogens with one attached hydrogen (secondary N) is 2. The Morgan fingerprint density at radius 2 is 2.00 bits per heavy atom. The van der Waals surface area contributed by atoms with Crippen molar-refractivity contribution in [2.45, 2.75) is 23.8 Å². The predicted molar refractivity (Wildman–Crippen MR) is 135 cm³/mol. The van der Waals surface area contributed by atoms with Crippen LogP contribution in [-0.4, -0.2) is 33.1 Å². The fourth-order valence-electron chi connectivity index (χ4n) is 3.98. The van der Waals surface area contributed by atoms with Gasteiger partial charge in [-0.1, -0.05) is 41.4 Å². The van der Waals surface area contributed by atoms with E-state index in [4.69, 9.17) is 27.9 Å². The van der Waals surface area contributed by atoms with Crippen LogP contribution in [0.4, 0.5) is 10.2 Å². The third-order valence-corrected chi connectivity index (χ3v) is 8.14. The molecule has 6 nitrogen and oxygen atoms in total. The number of anilines is 1. The van der Waals surface area contributed by atoms with E-state index >= 15 is 0 Å². The number of halogens is 3. The molecular weight excluding hydrogens is 520 g/mol. The van der Waals surface area contributed by atoms with Crippen molar-refractivity contribution in [3.63, 3.8) is 0 Å². The number of aromatic nitrogens is 1. The number of allylic oxidation sites excluding steroid dienone is 1. The van der Waals surface area contributed by atoms with Crippen molar-refractivity contribution in [1.29, 1.82) is 0 Å². The first-order chi connectivity index (χ1) is 16.3. The zero-order valence-corrected chi connectivity index (χ0v) is 21.2. The van der Waals surface area contributed by atoms with Crippen LogP contribution < -0.4 is 14.8 Å². The van der Waals surface area contributed by atoms with E-state index < -0.39 is 20.7 Å². The van der Waals surface area contributed by atoms with Crippen molar-refractivity contribution in [2.75, 3.05) is 18.4 Å². The Labute approximate surface area is 211 Å². The van der Waals surface area contributed by atoms with E-state index in [1.165, 1.54) is 22.2 Å². The van der Waals surface area contributed by atoms with Gasteiger partial charge in [-0.15, -0.1) is 11.3 Å². The molecule has 11 heteroatoms. The third kappa shape index (κ3) is 5.55. The highest BCUT2D eigenvalue weighted by Crippen LogP contribution is 2.36. The van der Waals surface area contributed by atoms with E-state index in [1.807, 2.05) is 31.3 Å². The van der Waals surface area contributed by atoms with Crippen LogP contribution in [-0.2, 0) is 10.0 Å². The van der Waals surface area contributed by atoms with Gasteiger partial charge in [0.1, 0.15) is 16.5 Å². The van der Waals surface area contributed by atoms with E-state index in [0.29, 0.717) is 5.02 Å². The number of thiazole rings is 1. The number of hydrogen-bond acceptors (Lipinski definition) is 6. The molecule has 2 N–H and O–H groups in total. The van der Waals surface area contributed by atoms with Gasteiger partial charge in [-0.25, -0.2) is 17.8 Å². The zero-order valence-electron chi connectivity index (χ0n) is 18.1. The third-order valence-electron chi connectivity index (χ3n) is 5.64. The minimum Gasteiger partial charge on any atom is -0.491 e. The average Bonchev–Trinajstić information content (AvgIpc) is 3.32. The predicted octanol–water partition coefficient (Wildman–Crippen LogP) is 5.85. The van der Waals surface area contributed by atoms with Crippen LogP contribution in [0.25, 0.3) is 5.57 Å². The fraction of sp³-hybridized carbons (Fsp3) is 0.261. The van der Waals surface area contributed by atoms with Crippen molar-refractivity contribution in [1.82, 2.24) is 10.3 Å². The zero-order chi connectivity index (χ0) is 24.3. The highest BCUT2D eigenvalue weighted by atomic mass is 35.5. The molecule has 1 aromatic heterocycles. The first-order valence-electron chi connectivity index (χ1n) is 10.4. The van der Waals surface area contributed by atoms with Crippen molar-refractivity contribution < 1.29 is 17.5 Å². The Morgan fingerprint density at radius 3 is 2.68 bits per heavy atom. The number of ether oxygens (including phenoxy) is 1. The second-order valence-electron chi connectivity index (χ2n) is 7.75. The van der Waals surface area contributed by atoms with Gasteiger partial charge in [0.15, 0.2) is 5.82 Å². The molecule has 0 fully saturated rings. The van der Waals surface area contributed by atoms with Crippen molar-refractivity contribution in [3.8, 4) is 5.75 Å². The van der Waals surface area contributed by atoms with E-state index in [-0.39, 0.29) is 35.2 Å². The molecule has 1 aliphatic carbocycles. The van der Waals surface area contributed by atoms with Gasteiger partial charge in [0.05, 0.1) is 17.1 Å². The molecule has 2 aromatic carbocycles. The Hall–Kier alpha value is -2.17. The molecule has 0 amide bonds. The van der Waals surface area contributed by atoms with Gasteiger partial charge in [0.25, 0.3) is 10.0 Å². The Kier molecular flexibility index (Phi) is 7.79. The van der Waals surface area contributed by atoms with Crippen LogP contribution in [0.5, 0.6) is 5.75 Å². The second kappa shape index (κ2) is 10.6. The number of rotatable bonds is 8. The molecule has 0 radical (unpaired) electrons. The number of nitrogens with zero attached hydrogens (tertiary/aromatic N) is 1. The summed E-state index contributed by atoms with van der Waals surface area (Å²) in [5.74, 6) is -0.821. The minimum atomic E-state index is -4.20. The Morgan fingerprint density at radius 1 is 1.24 bits per heavy atom. The molecule has 2 atom stereocenters. The largest absolute Gasteiger partial charge is 0.491 e. The first kappa shape index (κ1) is 24.9. The summed E-state index contributed by atoms with van der Waals surface area (Å²) in [7, 11) is -2.31. The van der Waals surface area contributed by atoms with Gasteiger partial charge in [0, 0.05) is 28.4 Å². The van der Waals surface area contributed by atoms with Crippen LogP contribution in [0.2, 0.25) is 10.0 Å². The highest BCUT2D eigenvalue weighted by molar-refractivity contribution is 7.92. The lowest BCUT2D eigenvalue weighted by molar-refractivity contribution is 0.239. The van der Waals surface area contributed by atoms with Gasteiger partial charge < -0.3 is 10.1 Å². The lowest BCUT2D eigenvalue weighted by Crippen LogP contribution is -2.39. The number of sulfonamides is 1. The molecule has 1 heterocycles. The Balaban J connectivity index is 1.56. The first-order valence-corrected chi connectivity index (χ1v) is 13.6. The summed E-state index contributed by atoms with van der Waals surface area (Å²) in [5, 5.41) is 5.48. The molecule has 3 aromatic rings. The molecular formula is C23H22Cl2FN3O3S2. The van der Waals surface area contributed by atoms with Gasteiger partial charge in [-0.3, -0.25) is 4.72 Å². The molecule has 4 rings (SSSR count). The molecule has 0 aliphatic heterocycles. The summed E-state index contributed by atoms with van der Waals surface area (Å²) >= 11 is 13.6. The van der Waals surface area contributed by atoms with Gasteiger partial charge in [0.2, 0.25) is 0 Å². The summed E-state index contributed by atoms with van der Waals surface area (Å²) in [6.07, 6.45) is 4.00. The van der Waals surface area contributed by atoms with Gasteiger partial charge >= 0.3 is 0 Å². The van der Waals surface area contributed by atoms with Crippen molar-refractivity contribution in [2.24, 2.45) is 5.92 Å². The van der Waals surface area contributed by atoms with Crippen LogP contribution in [0, 0.1) is 11.7 Å².